The summed E-state index contributed by atoms with van der Waals surface area (Å²) in [4.78, 5) is 13.0. The van der Waals surface area contributed by atoms with E-state index in [-0.39, 0.29) is 11.2 Å². The summed E-state index contributed by atoms with van der Waals surface area (Å²) < 4.78 is 1.75. The molecule has 1 unspecified atom stereocenters. The predicted octanol–water partition coefficient (Wildman–Crippen LogP) is 2.44. The smallest absolute Gasteiger partial charge is 0.188 e. The molecule has 104 valence electrons. The molecule has 0 bridgehead atoms. The summed E-state index contributed by atoms with van der Waals surface area (Å²) in [6.07, 6.45) is 3.47. The van der Waals surface area contributed by atoms with E-state index in [4.69, 9.17) is 0 Å². The van der Waals surface area contributed by atoms with Crippen LogP contribution in [0.5, 0.6) is 0 Å². The van der Waals surface area contributed by atoms with Crippen molar-refractivity contribution >= 4 is 5.78 Å². The summed E-state index contributed by atoms with van der Waals surface area (Å²) in [7, 11) is 0. The molecule has 2 aromatic rings. The zero-order chi connectivity index (χ0) is 14.0. The van der Waals surface area contributed by atoms with Gasteiger partial charge >= 0.3 is 0 Å². The monoisotopic (exact) mass is 269 g/mol. The average molecular weight is 269 g/mol. The minimum Gasteiger partial charge on any atom is -0.316 e. The lowest BCUT2D eigenvalue weighted by atomic mass is 9.78. The fourth-order valence-corrected chi connectivity index (χ4v) is 2.92. The Balaban J connectivity index is 2.00. The van der Waals surface area contributed by atoms with Gasteiger partial charge in [0, 0.05) is 12.0 Å². The molecule has 1 N–H and O–H groups in total. The van der Waals surface area contributed by atoms with Crippen LogP contribution in [0.15, 0.2) is 42.6 Å². The lowest BCUT2D eigenvalue weighted by Crippen LogP contribution is -2.34. The van der Waals surface area contributed by atoms with E-state index in [2.05, 4.69) is 17.3 Å². The zero-order valence-corrected chi connectivity index (χ0v) is 11.7. The molecule has 1 aromatic carbocycles. The number of benzene rings is 1. The topological polar surface area (TPSA) is 46.9 Å². The Labute approximate surface area is 118 Å². The maximum Gasteiger partial charge on any atom is 0.188 e. The molecular weight excluding hydrogens is 250 g/mol. The van der Waals surface area contributed by atoms with E-state index >= 15 is 0 Å². The van der Waals surface area contributed by atoms with Gasteiger partial charge in [0.15, 0.2) is 5.78 Å². The maximum atomic E-state index is 13.0. The number of Topliss-reactive ketones (excluding diaryl/α,β-unsaturated/α-hetero) is 1. The second-order valence-electron chi connectivity index (χ2n) is 5.35. The highest BCUT2D eigenvalue weighted by Crippen LogP contribution is 2.33. The first-order chi connectivity index (χ1) is 9.77. The summed E-state index contributed by atoms with van der Waals surface area (Å²) in [5.74, 6) is 0.200. The van der Waals surface area contributed by atoms with E-state index in [1.807, 2.05) is 36.4 Å². The number of para-hydroxylation sites is 1. The third-order valence-corrected chi connectivity index (χ3v) is 4.28. The Kier molecular flexibility index (Phi) is 3.40. The summed E-state index contributed by atoms with van der Waals surface area (Å²) in [6, 6.07) is 11.6. The van der Waals surface area contributed by atoms with Crippen LogP contribution in [-0.2, 0) is 0 Å². The summed E-state index contributed by atoms with van der Waals surface area (Å²) in [5, 5.41) is 7.64. The van der Waals surface area contributed by atoms with Crippen LogP contribution in [0.4, 0.5) is 0 Å². The van der Waals surface area contributed by atoms with Crippen molar-refractivity contribution in [1.29, 1.82) is 0 Å². The van der Waals surface area contributed by atoms with Gasteiger partial charge in [-0.2, -0.15) is 5.10 Å². The fraction of sp³-hybridized carbons (Fsp3) is 0.375. The Morgan fingerprint density at radius 3 is 2.80 bits per heavy atom. The van der Waals surface area contributed by atoms with Crippen LogP contribution in [0.25, 0.3) is 5.69 Å². The molecule has 2 heterocycles. The van der Waals surface area contributed by atoms with Gasteiger partial charge < -0.3 is 5.32 Å². The molecule has 0 aliphatic carbocycles. The van der Waals surface area contributed by atoms with E-state index in [0.29, 0.717) is 5.69 Å². The minimum atomic E-state index is -0.271. The van der Waals surface area contributed by atoms with Crippen molar-refractivity contribution in [2.75, 3.05) is 13.1 Å². The first-order valence-electron chi connectivity index (χ1n) is 7.12. The highest BCUT2D eigenvalue weighted by Gasteiger charge is 2.41. The van der Waals surface area contributed by atoms with Crippen LogP contribution in [0.1, 0.15) is 30.3 Å². The minimum absolute atomic E-state index is 0.200. The molecule has 1 fully saturated rings. The number of rotatable bonds is 4. The van der Waals surface area contributed by atoms with Gasteiger partial charge in [0.2, 0.25) is 0 Å². The number of hydrogen-bond acceptors (Lipinski definition) is 3. The van der Waals surface area contributed by atoms with Gasteiger partial charge in [-0.15, -0.1) is 0 Å². The molecule has 0 saturated carbocycles. The highest BCUT2D eigenvalue weighted by molar-refractivity contribution is 6.00. The molecule has 0 radical (unpaired) electrons. The normalized spacial score (nSPS) is 22.1. The van der Waals surface area contributed by atoms with Crippen molar-refractivity contribution in [3.05, 3.63) is 48.3 Å². The number of nitrogens with zero attached hydrogens (tertiary/aromatic N) is 2. The third kappa shape index (κ3) is 2.06. The number of aromatic nitrogens is 2. The van der Waals surface area contributed by atoms with E-state index < -0.39 is 0 Å². The van der Waals surface area contributed by atoms with Crippen molar-refractivity contribution in [2.45, 2.75) is 19.8 Å². The summed E-state index contributed by atoms with van der Waals surface area (Å²) in [5.41, 5.74) is 1.34. The number of nitrogens with one attached hydrogen (secondary N) is 1. The van der Waals surface area contributed by atoms with Gasteiger partial charge in [0.1, 0.15) is 5.69 Å². The largest absolute Gasteiger partial charge is 0.316 e. The number of ketones is 1. The van der Waals surface area contributed by atoms with Crippen molar-refractivity contribution in [3.63, 3.8) is 0 Å². The van der Waals surface area contributed by atoms with Crippen LogP contribution in [0.2, 0.25) is 0 Å². The van der Waals surface area contributed by atoms with Crippen LogP contribution in [0, 0.1) is 5.41 Å². The van der Waals surface area contributed by atoms with Gasteiger partial charge in [0.05, 0.1) is 11.9 Å². The SMILES string of the molecule is CCC1(C(=O)c2ccnn2-c2ccccc2)CCNC1. The molecule has 4 nitrogen and oxygen atoms in total. The Morgan fingerprint density at radius 1 is 1.35 bits per heavy atom. The lowest BCUT2D eigenvalue weighted by molar-refractivity contribution is 0.0801. The van der Waals surface area contributed by atoms with E-state index in [9.17, 15) is 4.79 Å². The Hall–Kier alpha value is -1.94. The average Bonchev–Trinajstić information content (AvgIpc) is 3.17. The standard InChI is InChI=1S/C16H19N3O/c1-2-16(9-11-17-12-16)15(20)14-8-10-18-19(14)13-6-4-3-5-7-13/h3-8,10,17H,2,9,11-12H2,1H3. The second kappa shape index (κ2) is 5.21. The molecule has 1 aromatic heterocycles. The first-order valence-corrected chi connectivity index (χ1v) is 7.12. The van der Waals surface area contributed by atoms with E-state index in [1.165, 1.54) is 0 Å². The van der Waals surface area contributed by atoms with Crippen molar-refractivity contribution in [3.8, 4) is 5.69 Å². The number of carbonyl (C=O) groups is 1. The second-order valence-corrected chi connectivity index (χ2v) is 5.35. The quantitative estimate of drug-likeness (QED) is 0.867. The van der Waals surface area contributed by atoms with E-state index in [0.717, 1.165) is 31.6 Å². The first kappa shape index (κ1) is 13.1. The van der Waals surface area contributed by atoms with Crippen LogP contribution < -0.4 is 5.32 Å². The molecule has 1 aliphatic heterocycles. The fourth-order valence-electron chi connectivity index (χ4n) is 2.92. The van der Waals surface area contributed by atoms with Gasteiger partial charge in [0.25, 0.3) is 0 Å². The van der Waals surface area contributed by atoms with Gasteiger partial charge in [-0.25, -0.2) is 4.68 Å². The van der Waals surface area contributed by atoms with Crippen LogP contribution >= 0.6 is 0 Å². The Bertz CT molecular complexity index is 597. The Morgan fingerprint density at radius 2 is 2.15 bits per heavy atom. The predicted molar refractivity (Wildman–Crippen MR) is 78.1 cm³/mol. The van der Waals surface area contributed by atoms with Crippen LogP contribution in [0.3, 0.4) is 0 Å². The summed E-state index contributed by atoms with van der Waals surface area (Å²) in [6.45, 7) is 3.77. The van der Waals surface area contributed by atoms with Gasteiger partial charge in [-0.3, -0.25) is 4.79 Å². The molecule has 1 atom stereocenters. The number of carbonyl (C=O) groups excluding carboxylic acids is 1. The lowest BCUT2D eigenvalue weighted by Gasteiger charge is -2.25. The number of hydrogen-bond donors (Lipinski definition) is 1. The maximum absolute atomic E-state index is 13.0. The van der Waals surface area contributed by atoms with Gasteiger partial charge in [-0.05, 0) is 37.6 Å². The highest BCUT2D eigenvalue weighted by atomic mass is 16.1. The summed E-state index contributed by atoms with van der Waals surface area (Å²) >= 11 is 0. The third-order valence-electron chi connectivity index (χ3n) is 4.28. The van der Waals surface area contributed by atoms with Gasteiger partial charge in [-0.1, -0.05) is 25.1 Å². The molecule has 1 aliphatic rings. The molecule has 0 spiro atoms. The molecule has 20 heavy (non-hydrogen) atoms. The molecule has 0 amide bonds. The zero-order valence-electron chi connectivity index (χ0n) is 11.7. The molecule has 4 heteroatoms. The van der Waals surface area contributed by atoms with E-state index in [1.54, 1.807) is 10.9 Å². The molecule has 1 saturated heterocycles. The molecule has 3 rings (SSSR count). The van der Waals surface area contributed by atoms with Crippen LogP contribution in [-0.4, -0.2) is 28.7 Å². The molecular formula is C16H19N3O. The van der Waals surface area contributed by atoms with Crippen molar-refractivity contribution < 1.29 is 4.79 Å². The van der Waals surface area contributed by atoms with Crippen molar-refractivity contribution in [1.82, 2.24) is 15.1 Å². The van der Waals surface area contributed by atoms with Crippen molar-refractivity contribution in [2.24, 2.45) is 5.41 Å².